The molecule has 0 radical (unpaired) electrons. The third-order valence-corrected chi connectivity index (χ3v) is 2.84. The normalized spacial score (nSPS) is 10.9. The van der Waals surface area contributed by atoms with Crippen LogP contribution >= 0.6 is 11.8 Å². The van der Waals surface area contributed by atoms with Gasteiger partial charge < -0.3 is 0 Å². The molecule has 3 heterocycles. The predicted molar refractivity (Wildman–Crippen MR) is 55.6 cm³/mol. The topological polar surface area (TPSA) is 93.1 Å². The summed E-state index contributed by atoms with van der Waals surface area (Å²) in [5.74, 6) is -0.581. The number of pyridine rings is 1. The first-order valence-electron chi connectivity index (χ1n) is 4.50. The molecule has 17 heavy (non-hydrogen) atoms. The zero-order valence-corrected chi connectivity index (χ0v) is 9.02. The molecule has 0 atom stereocenters. The zero-order valence-electron chi connectivity index (χ0n) is 8.20. The van der Waals surface area contributed by atoms with Crippen LogP contribution in [0.25, 0.3) is 10.9 Å². The maximum atomic E-state index is 13.1. The molecule has 0 saturated carbocycles. The molecule has 0 aliphatic heterocycles. The number of aromatic amines is 1. The summed E-state index contributed by atoms with van der Waals surface area (Å²) in [7, 11) is 0. The van der Waals surface area contributed by atoms with Crippen molar-refractivity contribution in [2.75, 3.05) is 0 Å². The van der Waals surface area contributed by atoms with Crippen LogP contribution in [0, 0.1) is 5.95 Å². The minimum Gasteiger partial charge on any atom is -0.235 e. The second-order valence-electron chi connectivity index (χ2n) is 3.00. The molecule has 0 aliphatic carbocycles. The van der Waals surface area contributed by atoms with Gasteiger partial charge in [-0.25, -0.2) is 15.0 Å². The van der Waals surface area contributed by atoms with Gasteiger partial charge in [0.1, 0.15) is 11.4 Å². The van der Waals surface area contributed by atoms with Crippen molar-refractivity contribution in [2.45, 2.75) is 10.2 Å². The average Bonchev–Trinajstić information content (AvgIpc) is 2.83. The van der Waals surface area contributed by atoms with Crippen LogP contribution in [-0.4, -0.2) is 35.6 Å². The minimum atomic E-state index is -0.581. The van der Waals surface area contributed by atoms with Gasteiger partial charge in [-0.2, -0.15) is 9.60 Å². The Labute approximate surface area is 97.9 Å². The fourth-order valence-corrected chi connectivity index (χ4v) is 1.99. The van der Waals surface area contributed by atoms with Crippen LogP contribution < -0.4 is 0 Å². The molecule has 3 aromatic rings. The predicted octanol–water partition coefficient (Wildman–Crippen LogP) is 0.828. The van der Waals surface area contributed by atoms with Crippen LogP contribution in [0.5, 0.6) is 0 Å². The van der Waals surface area contributed by atoms with Gasteiger partial charge in [0.25, 0.3) is 0 Å². The molecule has 3 aromatic heterocycles. The number of fused-ring (bicyclic) bond motifs is 1. The van der Waals surface area contributed by atoms with Crippen molar-refractivity contribution < 1.29 is 4.39 Å². The van der Waals surface area contributed by atoms with Crippen molar-refractivity contribution in [3.8, 4) is 0 Å². The van der Waals surface area contributed by atoms with E-state index in [4.69, 9.17) is 0 Å². The fraction of sp³-hybridized carbons (Fsp3) is 0. The molecule has 0 amide bonds. The number of nitrogens with zero attached hydrogens (tertiary/aromatic N) is 6. The van der Waals surface area contributed by atoms with Gasteiger partial charge in [0, 0.05) is 11.5 Å². The second kappa shape index (κ2) is 4.01. The van der Waals surface area contributed by atoms with Gasteiger partial charge in [-0.05, 0) is 17.0 Å². The second-order valence-corrected chi connectivity index (χ2v) is 3.96. The van der Waals surface area contributed by atoms with Crippen LogP contribution in [0.2, 0.25) is 0 Å². The number of H-pyrrole nitrogens is 1. The van der Waals surface area contributed by atoms with Gasteiger partial charge in [0.05, 0.1) is 11.7 Å². The summed E-state index contributed by atoms with van der Waals surface area (Å²) >= 11 is 1.17. The van der Waals surface area contributed by atoms with Gasteiger partial charge in [-0.3, -0.25) is 0 Å². The Bertz CT molecular complexity index is 656. The maximum absolute atomic E-state index is 13.1. The van der Waals surface area contributed by atoms with Gasteiger partial charge in [-0.1, -0.05) is 0 Å². The molecule has 0 aromatic carbocycles. The molecular weight excluding hydrogens is 245 g/mol. The summed E-state index contributed by atoms with van der Waals surface area (Å²) in [4.78, 5) is 11.6. The average molecular weight is 249 g/mol. The molecule has 1 N–H and O–H groups in total. The molecule has 3 rings (SSSR count). The monoisotopic (exact) mass is 249 g/mol. The summed E-state index contributed by atoms with van der Waals surface area (Å²) in [6.45, 7) is 0. The largest absolute Gasteiger partial charge is 0.237 e. The van der Waals surface area contributed by atoms with Crippen molar-refractivity contribution in [2.24, 2.45) is 0 Å². The molecule has 0 saturated heterocycles. The molecule has 0 bridgehead atoms. The first-order chi connectivity index (χ1) is 8.33. The van der Waals surface area contributed by atoms with Crippen LogP contribution in [0.3, 0.4) is 0 Å². The van der Waals surface area contributed by atoms with E-state index in [2.05, 4.69) is 35.6 Å². The van der Waals surface area contributed by atoms with E-state index in [0.717, 1.165) is 0 Å². The van der Waals surface area contributed by atoms with Crippen molar-refractivity contribution in [1.82, 2.24) is 35.6 Å². The maximum Gasteiger partial charge on any atom is 0.237 e. The number of hydrogen-bond donors (Lipinski definition) is 1. The Morgan fingerprint density at radius 2 is 2.18 bits per heavy atom. The van der Waals surface area contributed by atoms with E-state index in [0.29, 0.717) is 21.1 Å². The number of tetrazole rings is 1. The Hall–Kier alpha value is -2.16. The Balaban J connectivity index is 2.12. The Morgan fingerprint density at radius 3 is 3.00 bits per heavy atom. The first-order valence-corrected chi connectivity index (χ1v) is 5.32. The molecule has 7 nitrogen and oxygen atoms in total. The van der Waals surface area contributed by atoms with Gasteiger partial charge in [-0.15, -0.1) is 10.2 Å². The highest BCUT2D eigenvalue weighted by molar-refractivity contribution is 7.99. The highest BCUT2D eigenvalue weighted by atomic mass is 32.2. The number of aromatic nitrogens is 7. The van der Waals surface area contributed by atoms with Crippen LogP contribution in [0.4, 0.5) is 4.39 Å². The van der Waals surface area contributed by atoms with E-state index in [9.17, 15) is 4.39 Å². The highest BCUT2D eigenvalue weighted by Gasteiger charge is 2.09. The number of hydrogen-bond acceptors (Lipinski definition) is 7. The third-order valence-electron chi connectivity index (χ3n) is 1.97. The Kier molecular flexibility index (Phi) is 2.37. The molecule has 0 unspecified atom stereocenters. The summed E-state index contributed by atoms with van der Waals surface area (Å²) in [5, 5.41) is 14.9. The quantitative estimate of drug-likeness (QED) is 0.531. The van der Waals surface area contributed by atoms with Crippen LogP contribution in [-0.2, 0) is 0 Å². The summed E-state index contributed by atoms with van der Waals surface area (Å²) in [6, 6.07) is 1.28. The number of halogens is 1. The minimum absolute atomic E-state index is 0.405. The van der Waals surface area contributed by atoms with Crippen molar-refractivity contribution in [3.63, 3.8) is 0 Å². The van der Waals surface area contributed by atoms with E-state index < -0.39 is 5.95 Å². The smallest absolute Gasteiger partial charge is 0.235 e. The fourth-order valence-electron chi connectivity index (χ4n) is 1.27. The van der Waals surface area contributed by atoms with Gasteiger partial charge in [0.2, 0.25) is 11.1 Å². The molecular formula is C8H4FN7S. The van der Waals surface area contributed by atoms with Crippen LogP contribution in [0.15, 0.2) is 28.8 Å². The molecule has 0 fully saturated rings. The standard InChI is InChI=1S/C8H4FN7S/c9-6-1-4-5(2-10-6)11-3-12-7(4)17-8-13-15-16-14-8/h1-3H,(H,13,14,15,16). The van der Waals surface area contributed by atoms with Crippen molar-refractivity contribution in [3.05, 3.63) is 24.5 Å². The lowest BCUT2D eigenvalue weighted by Crippen LogP contribution is -1.90. The van der Waals surface area contributed by atoms with E-state index in [-0.39, 0.29) is 0 Å². The zero-order chi connectivity index (χ0) is 11.7. The molecule has 0 spiro atoms. The Morgan fingerprint density at radius 1 is 1.24 bits per heavy atom. The first kappa shape index (κ1) is 10.0. The summed E-state index contributed by atoms with van der Waals surface area (Å²) in [5.41, 5.74) is 0.562. The van der Waals surface area contributed by atoms with Crippen LogP contribution in [0.1, 0.15) is 0 Å². The van der Waals surface area contributed by atoms with E-state index in [1.54, 1.807) is 0 Å². The number of rotatable bonds is 2. The molecule has 0 aliphatic rings. The van der Waals surface area contributed by atoms with E-state index in [1.807, 2.05) is 0 Å². The highest BCUT2D eigenvalue weighted by Crippen LogP contribution is 2.27. The third kappa shape index (κ3) is 1.91. The van der Waals surface area contributed by atoms with Crippen molar-refractivity contribution >= 4 is 22.7 Å². The van der Waals surface area contributed by atoms with Gasteiger partial charge >= 0.3 is 0 Å². The molecule has 9 heteroatoms. The molecule has 84 valence electrons. The lowest BCUT2D eigenvalue weighted by atomic mass is 10.3. The summed E-state index contributed by atoms with van der Waals surface area (Å²) in [6.07, 6.45) is 2.73. The van der Waals surface area contributed by atoms with Gasteiger partial charge in [0.15, 0.2) is 0 Å². The summed E-state index contributed by atoms with van der Waals surface area (Å²) < 4.78 is 13.1. The lowest BCUT2D eigenvalue weighted by molar-refractivity contribution is 0.585. The SMILES string of the molecule is Fc1cc2c(Sc3nn[nH]n3)ncnc2cn1. The number of nitrogens with one attached hydrogen (secondary N) is 1. The lowest BCUT2D eigenvalue weighted by Gasteiger charge is -2.01. The van der Waals surface area contributed by atoms with E-state index in [1.165, 1.54) is 30.4 Å². The van der Waals surface area contributed by atoms with E-state index >= 15 is 0 Å². The van der Waals surface area contributed by atoms with Crippen molar-refractivity contribution in [1.29, 1.82) is 0 Å².